The second kappa shape index (κ2) is 5.85. The van der Waals surface area contributed by atoms with Crippen molar-refractivity contribution in [3.05, 3.63) is 46.1 Å². The summed E-state index contributed by atoms with van der Waals surface area (Å²) < 4.78 is 4.23. The van der Waals surface area contributed by atoms with Crippen molar-refractivity contribution >= 4 is 22.4 Å². The lowest BCUT2D eigenvalue weighted by molar-refractivity contribution is 0.0951. The molecule has 3 rings (SSSR count). The predicted octanol–water partition coefficient (Wildman–Crippen LogP) is 2.91. The van der Waals surface area contributed by atoms with Crippen molar-refractivity contribution < 1.29 is 4.79 Å². The molecular weight excluding hydrogens is 282 g/mol. The highest BCUT2D eigenvalue weighted by molar-refractivity contribution is 7.10. The van der Waals surface area contributed by atoms with Crippen LogP contribution in [0.2, 0.25) is 0 Å². The van der Waals surface area contributed by atoms with Gasteiger partial charge in [-0.15, -0.1) is 0 Å². The van der Waals surface area contributed by atoms with Crippen LogP contribution in [-0.2, 0) is 19.4 Å². The molecule has 0 saturated carbocycles. The summed E-state index contributed by atoms with van der Waals surface area (Å²) in [4.78, 5) is 12.3. The van der Waals surface area contributed by atoms with E-state index in [0.29, 0.717) is 12.1 Å². The molecule has 1 aliphatic carbocycles. The molecule has 1 aromatic carbocycles. The van der Waals surface area contributed by atoms with Crippen molar-refractivity contribution in [1.82, 2.24) is 9.69 Å². The van der Waals surface area contributed by atoms with Crippen molar-refractivity contribution in [2.75, 3.05) is 12.4 Å². The lowest BCUT2D eigenvalue weighted by Crippen LogP contribution is -2.24. The average molecular weight is 301 g/mol. The van der Waals surface area contributed by atoms with Crippen LogP contribution in [-0.4, -0.2) is 17.3 Å². The summed E-state index contributed by atoms with van der Waals surface area (Å²) >= 11 is 1.32. The zero-order chi connectivity index (χ0) is 14.8. The van der Waals surface area contributed by atoms with E-state index in [1.165, 1.54) is 35.5 Å². The second-order valence-electron chi connectivity index (χ2n) is 5.36. The normalized spacial score (nSPS) is 13.0. The summed E-state index contributed by atoms with van der Waals surface area (Å²) in [5.41, 5.74) is 5.49. The van der Waals surface area contributed by atoms with Crippen molar-refractivity contribution in [1.29, 1.82) is 0 Å². The summed E-state index contributed by atoms with van der Waals surface area (Å²) in [6.07, 6.45) is 3.60. The number of nitrogens with one attached hydrogen (secondary N) is 2. The molecule has 4 nitrogen and oxygen atoms in total. The maximum Gasteiger partial charge on any atom is 0.256 e. The van der Waals surface area contributed by atoms with Crippen molar-refractivity contribution in [2.45, 2.75) is 32.7 Å². The first-order valence-corrected chi connectivity index (χ1v) is 7.99. The molecule has 110 valence electrons. The van der Waals surface area contributed by atoms with Crippen LogP contribution in [0.15, 0.2) is 18.2 Å². The first-order valence-electron chi connectivity index (χ1n) is 7.22. The highest BCUT2D eigenvalue weighted by atomic mass is 32.1. The fraction of sp³-hybridized carbons (Fsp3) is 0.375. The number of rotatable bonds is 4. The molecule has 0 spiro atoms. The van der Waals surface area contributed by atoms with Gasteiger partial charge < -0.3 is 10.6 Å². The van der Waals surface area contributed by atoms with E-state index < -0.39 is 0 Å². The lowest BCUT2D eigenvalue weighted by Gasteiger charge is -2.08. The molecule has 0 bridgehead atoms. The first-order chi connectivity index (χ1) is 10.2. The Morgan fingerprint density at radius 1 is 1.33 bits per heavy atom. The fourth-order valence-electron chi connectivity index (χ4n) is 2.81. The third kappa shape index (κ3) is 2.78. The number of amides is 1. The number of carbonyl (C=O) groups is 1. The van der Waals surface area contributed by atoms with Crippen LogP contribution in [0.1, 0.15) is 39.2 Å². The molecule has 0 atom stereocenters. The number of hydrogen-bond acceptors (Lipinski definition) is 4. The fourth-order valence-corrected chi connectivity index (χ4v) is 3.56. The van der Waals surface area contributed by atoms with Crippen molar-refractivity contribution in [3.8, 4) is 0 Å². The number of fused-ring (bicyclic) bond motifs is 1. The maximum atomic E-state index is 12.3. The van der Waals surface area contributed by atoms with Gasteiger partial charge in [-0.25, -0.2) is 0 Å². The number of hydrogen-bond donors (Lipinski definition) is 2. The molecule has 1 aromatic heterocycles. The smallest absolute Gasteiger partial charge is 0.256 e. The van der Waals surface area contributed by atoms with Crippen LogP contribution in [0.25, 0.3) is 0 Å². The summed E-state index contributed by atoms with van der Waals surface area (Å²) in [7, 11) is 1.81. The number of aryl methyl sites for hydroxylation is 3. The standard InChI is InChI=1S/C16H19N3OS/c1-10-14(16(17-2)21-19-10)15(20)18-9-11-6-7-12-4-3-5-13(12)8-11/h6-8,17H,3-5,9H2,1-2H3,(H,18,20). The third-order valence-electron chi connectivity index (χ3n) is 3.93. The van der Waals surface area contributed by atoms with Gasteiger partial charge in [-0.3, -0.25) is 4.79 Å². The van der Waals surface area contributed by atoms with E-state index in [4.69, 9.17) is 0 Å². The third-order valence-corrected chi connectivity index (χ3v) is 4.89. The van der Waals surface area contributed by atoms with Gasteiger partial charge in [0.15, 0.2) is 0 Å². The molecule has 2 aromatic rings. The Balaban J connectivity index is 1.70. The van der Waals surface area contributed by atoms with E-state index in [-0.39, 0.29) is 5.91 Å². The maximum absolute atomic E-state index is 12.3. The highest BCUT2D eigenvalue weighted by Crippen LogP contribution is 2.24. The van der Waals surface area contributed by atoms with E-state index in [0.717, 1.165) is 22.7 Å². The molecule has 0 saturated heterocycles. The lowest BCUT2D eigenvalue weighted by atomic mass is 10.1. The van der Waals surface area contributed by atoms with Crippen LogP contribution < -0.4 is 10.6 Å². The molecule has 21 heavy (non-hydrogen) atoms. The van der Waals surface area contributed by atoms with Crippen molar-refractivity contribution in [2.24, 2.45) is 0 Å². The van der Waals surface area contributed by atoms with Gasteiger partial charge >= 0.3 is 0 Å². The molecule has 5 heteroatoms. The quantitative estimate of drug-likeness (QED) is 0.913. The minimum absolute atomic E-state index is 0.0638. The van der Waals surface area contributed by atoms with Crippen LogP contribution in [0, 0.1) is 6.92 Å². The van der Waals surface area contributed by atoms with Gasteiger partial charge in [0.2, 0.25) is 0 Å². The van der Waals surface area contributed by atoms with Crippen LogP contribution >= 0.6 is 11.5 Å². The highest BCUT2D eigenvalue weighted by Gasteiger charge is 2.17. The van der Waals surface area contributed by atoms with E-state index in [2.05, 4.69) is 33.2 Å². The Kier molecular flexibility index (Phi) is 3.92. The van der Waals surface area contributed by atoms with Gasteiger partial charge in [0.05, 0.1) is 11.3 Å². The summed E-state index contributed by atoms with van der Waals surface area (Å²) in [6, 6.07) is 6.53. The summed E-state index contributed by atoms with van der Waals surface area (Å²) in [5, 5.41) is 6.84. The van der Waals surface area contributed by atoms with Crippen LogP contribution in [0.4, 0.5) is 5.00 Å². The van der Waals surface area contributed by atoms with E-state index in [1.54, 1.807) is 0 Å². The number of aromatic nitrogens is 1. The number of anilines is 1. The molecule has 1 heterocycles. The number of benzene rings is 1. The SMILES string of the molecule is CNc1snc(C)c1C(=O)NCc1ccc2c(c1)CCC2. The molecule has 1 amide bonds. The Morgan fingerprint density at radius 3 is 2.95 bits per heavy atom. The van der Waals surface area contributed by atoms with E-state index in [9.17, 15) is 4.79 Å². The predicted molar refractivity (Wildman–Crippen MR) is 86.0 cm³/mol. The zero-order valence-electron chi connectivity index (χ0n) is 12.3. The summed E-state index contributed by atoms with van der Waals surface area (Å²) in [6.45, 7) is 2.42. The Bertz CT molecular complexity index is 678. The van der Waals surface area contributed by atoms with Gasteiger partial charge in [-0.2, -0.15) is 4.37 Å². The minimum Gasteiger partial charge on any atom is -0.378 e. The van der Waals surface area contributed by atoms with Crippen LogP contribution in [0.5, 0.6) is 0 Å². The topological polar surface area (TPSA) is 54.0 Å². The van der Waals surface area contributed by atoms with Gasteiger partial charge in [-0.05, 0) is 54.4 Å². The second-order valence-corrected chi connectivity index (χ2v) is 6.13. The monoisotopic (exact) mass is 301 g/mol. The summed E-state index contributed by atoms with van der Waals surface area (Å²) in [5.74, 6) is -0.0638. The minimum atomic E-state index is -0.0638. The molecule has 0 fully saturated rings. The van der Waals surface area contributed by atoms with E-state index in [1.807, 2.05) is 14.0 Å². The zero-order valence-corrected chi connectivity index (χ0v) is 13.1. The van der Waals surface area contributed by atoms with Crippen LogP contribution in [0.3, 0.4) is 0 Å². The number of carbonyl (C=O) groups excluding carboxylic acids is 1. The first kappa shape index (κ1) is 14.1. The van der Waals surface area contributed by atoms with Gasteiger partial charge in [0.1, 0.15) is 5.00 Å². The molecule has 2 N–H and O–H groups in total. The van der Waals surface area contributed by atoms with Gasteiger partial charge in [-0.1, -0.05) is 18.2 Å². The Hall–Kier alpha value is -1.88. The van der Waals surface area contributed by atoms with Crippen molar-refractivity contribution in [3.63, 3.8) is 0 Å². The average Bonchev–Trinajstić information content (AvgIpc) is 3.10. The Morgan fingerprint density at radius 2 is 2.14 bits per heavy atom. The number of nitrogens with zero attached hydrogens (tertiary/aromatic N) is 1. The largest absolute Gasteiger partial charge is 0.378 e. The van der Waals surface area contributed by atoms with Gasteiger partial charge in [0.25, 0.3) is 5.91 Å². The molecule has 0 unspecified atom stereocenters. The van der Waals surface area contributed by atoms with Gasteiger partial charge in [0, 0.05) is 13.6 Å². The molecule has 0 aliphatic heterocycles. The molecular formula is C16H19N3OS. The molecule has 0 radical (unpaired) electrons. The Labute approximate surface area is 128 Å². The van der Waals surface area contributed by atoms with E-state index >= 15 is 0 Å². The molecule has 1 aliphatic rings.